The van der Waals surface area contributed by atoms with E-state index in [1.165, 1.54) is 19.3 Å². The van der Waals surface area contributed by atoms with Gasteiger partial charge in [0.2, 0.25) is 8.32 Å². The normalized spacial score (nSPS) is 22.5. The molecule has 0 amide bonds. The Morgan fingerprint density at radius 3 is 2.15 bits per heavy atom. The van der Waals surface area contributed by atoms with Gasteiger partial charge in [-0.3, -0.25) is 4.79 Å². The van der Waals surface area contributed by atoms with Crippen LogP contribution in [-0.2, 0) is 22.9 Å². The number of rotatable bonds is 19. The van der Waals surface area contributed by atoms with Gasteiger partial charge in [0.15, 0.2) is 16.6 Å². The van der Waals surface area contributed by atoms with Crippen molar-refractivity contribution in [2.75, 3.05) is 7.11 Å². The highest BCUT2D eigenvalue weighted by Gasteiger charge is 2.42. The van der Waals surface area contributed by atoms with E-state index in [0.29, 0.717) is 12.3 Å². The van der Waals surface area contributed by atoms with Gasteiger partial charge in [-0.2, -0.15) is 0 Å². The van der Waals surface area contributed by atoms with Gasteiger partial charge >= 0.3 is 0 Å². The first kappa shape index (κ1) is 36.3. The molecule has 9 heteroatoms. The van der Waals surface area contributed by atoms with Gasteiger partial charge in [-0.1, -0.05) is 62.8 Å². The molecule has 1 aliphatic rings. The summed E-state index contributed by atoms with van der Waals surface area (Å²) in [5.41, 5.74) is 1.13. The summed E-state index contributed by atoms with van der Waals surface area (Å²) in [4.78, 5) is 17.4. The molecule has 228 valence electrons. The number of unbranched alkanes of at least 4 members (excludes halogenated alkanes) is 5. The summed E-state index contributed by atoms with van der Waals surface area (Å²) in [5, 5.41) is 4.49. The van der Waals surface area contributed by atoms with Crippen LogP contribution < -0.4 is 0 Å². The van der Waals surface area contributed by atoms with Gasteiger partial charge in [0.1, 0.15) is 7.11 Å². The Kier molecular flexibility index (Phi) is 16.1. The van der Waals surface area contributed by atoms with Gasteiger partial charge in [0.05, 0.1) is 17.9 Å². The minimum absolute atomic E-state index is 0.0370. The Morgan fingerprint density at radius 2 is 1.59 bits per heavy atom. The molecule has 39 heavy (non-hydrogen) atoms. The zero-order valence-electron chi connectivity index (χ0n) is 27.2. The highest BCUT2D eigenvalue weighted by Crippen LogP contribution is 2.39. The monoisotopic (exact) mass is 599 g/mol. The van der Waals surface area contributed by atoms with Crippen LogP contribution in [0.25, 0.3) is 0 Å². The third kappa shape index (κ3) is 17.0. The fraction of sp³-hybridized carbons (Fsp3) is 0.867. The second-order valence-electron chi connectivity index (χ2n) is 14.1. The minimum atomic E-state index is -1.80. The molecule has 0 spiro atoms. The molecule has 1 fully saturated rings. The van der Waals surface area contributed by atoms with E-state index in [-0.39, 0.29) is 24.1 Å². The summed E-state index contributed by atoms with van der Waals surface area (Å²) in [6.45, 7) is 22.0. The van der Waals surface area contributed by atoms with E-state index in [1.54, 1.807) is 7.11 Å². The fourth-order valence-electron chi connectivity index (χ4n) is 5.26. The molecular weight excluding hydrogens is 539 g/mol. The lowest BCUT2D eigenvalue weighted by atomic mass is 9.88. The van der Waals surface area contributed by atoms with Gasteiger partial charge in [-0.05, 0) is 78.2 Å². The maximum absolute atomic E-state index is 12.1. The van der Waals surface area contributed by atoms with Gasteiger partial charge in [0, 0.05) is 24.7 Å². The van der Waals surface area contributed by atoms with E-state index < -0.39 is 25.0 Å². The molecule has 0 aliphatic heterocycles. The van der Waals surface area contributed by atoms with E-state index in [2.05, 4.69) is 83.2 Å². The van der Waals surface area contributed by atoms with Crippen molar-refractivity contribution in [1.29, 1.82) is 0 Å². The Bertz CT molecular complexity index is 768. The number of hydrogen-bond donors (Lipinski definition) is 0. The Labute approximate surface area is 244 Å². The SMILES string of the molecule is CCCCC[C@@H](/C=C/[C@@H]1[C@H](CCCCCCC(=O)O[Si](C)(C)C)/C(=N\OC)C[C@H]1O[Si](C)(C)C)O[Si](C)(C)C. The summed E-state index contributed by atoms with van der Waals surface area (Å²) in [6, 6.07) is 0. The quantitative estimate of drug-likeness (QED) is 0.0642. The molecule has 0 heterocycles. The first-order valence-corrected chi connectivity index (χ1v) is 25.6. The standard InChI is InChI=1S/C30H61NO5Si3/c1-12-13-16-19-25(34-37(3,4)5)22-23-27-26(28(31-33-2)24-29(27)35-38(6,7)8)20-17-14-15-18-21-30(32)36-39(9,10)11/h22-23,25-27,29H,12-21,24H2,1-11H3/b23-22+,31-28-/t25-,26-,27+,29+/m0/s1. The van der Waals surface area contributed by atoms with E-state index in [1.807, 2.05) is 0 Å². The van der Waals surface area contributed by atoms with Crippen LogP contribution in [0, 0.1) is 11.8 Å². The summed E-state index contributed by atoms with van der Waals surface area (Å²) in [5.74, 6) is 0.545. The van der Waals surface area contributed by atoms with Gasteiger partial charge < -0.3 is 18.1 Å². The highest BCUT2D eigenvalue weighted by atomic mass is 28.4. The van der Waals surface area contributed by atoms with Gasteiger partial charge in [-0.15, -0.1) is 0 Å². The number of hydrogen-bond acceptors (Lipinski definition) is 6. The third-order valence-corrected chi connectivity index (χ3v) is 9.52. The molecule has 0 aromatic rings. The third-order valence-electron chi connectivity index (χ3n) is 6.66. The molecule has 0 aromatic heterocycles. The number of carbonyl (C=O) groups excluding carboxylic acids is 1. The molecule has 0 bridgehead atoms. The van der Waals surface area contributed by atoms with Crippen LogP contribution in [0.1, 0.15) is 77.6 Å². The molecule has 1 aliphatic carbocycles. The van der Waals surface area contributed by atoms with Crippen molar-refractivity contribution < 1.29 is 22.9 Å². The van der Waals surface area contributed by atoms with Crippen LogP contribution >= 0.6 is 0 Å². The van der Waals surface area contributed by atoms with Crippen molar-refractivity contribution in [3.8, 4) is 0 Å². The number of nitrogens with zero attached hydrogens (tertiary/aromatic N) is 1. The predicted molar refractivity (Wildman–Crippen MR) is 173 cm³/mol. The van der Waals surface area contributed by atoms with Crippen LogP contribution in [0.5, 0.6) is 0 Å². The van der Waals surface area contributed by atoms with Crippen molar-refractivity contribution in [2.45, 2.75) is 149 Å². The number of oxime groups is 1. The second-order valence-corrected chi connectivity index (χ2v) is 27.5. The Balaban J connectivity index is 2.95. The highest BCUT2D eigenvalue weighted by molar-refractivity contribution is 6.71. The summed E-state index contributed by atoms with van der Waals surface area (Å²) in [6.07, 6.45) is 16.3. The predicted octanol–water partition coefficient (Wildman–Crippen LogP) is 8.92. The van der Waals surface area contributed by atoms with E-state index in [9.17, 15) is 4.79 Å². The van der Waals surface area contributed by atoms with Crippen molar-refractivity contribution >= 4 is 36.6 Å². The van der Waals surface area contributed by atoms with E-state index in [4.69, 9.17) is 18.1 Å². The smallest absolute Gasteiger partial charge is 0.292 e. The largest absolute Gasteiger partial charge is 0.520 e. The summed E-state index contributed by atoms with van der Waals surface area (Å²) >= 11 is 0. The zero-order valence-corrected chi connectivity index (χ0v) is 30.2. The molecule has 0 radical (unpaired) electrons. The molecule has 1 saturated carbocycles. The topological polar surface area (TPSA) is 66.4 Å². The van der Waals surface area contributed by atoms with Crippen molar-refractivity contribution in [3.63, 3.8) is 0 Å². The van der Waals surface area contributed by atoms with Gasteiger partial charge in [0.25, 0.3) is 5.97 Å². The molecule has 6 nitrogen and oxygen atoms in total. The van der Waals surface area contributed by atoms with Crippen LogP contribution in [0.2, 0.25) is 58.9 Å². The maximum atomic E-state index is 12.1. The van der Waals surface area contributed by atoms with Crippen LogP contribution in [-0.4, -0.2) is 56.0 Å². The minimum Gasteiger partial charge on any atom is -0.520 e. The molecule has 0 aromatic carbocycles. The molecule has 4 atom stereocenters. The molecule has 0 N–H and O–H groups in total. The molecule has 0 saturated heterocycles. The summed E-state index contributed by atoms with van der Waals surface area (Å²) in [7, 11) is -3.55. The lowest BCUT2D eigenvalue weighted by Gasteiger charge is -2.29. The van der Waals surface area contributed by atoms with Gasteiger partial charge in [-0.25, -0.2) is 0 Å². The molecule has 1 rings (SSSR count). The van der Waals surface area contributed by atoms with Crippen molar-refractivity contribution in [2.24, 2.45) is 17.0 Å². The lowest BCUT2D eigenvalue weighted by Crippen LogP contribution is -2.35. The maximum Gasteiger partial charge on any atom is 0.292 e. The first-order valence-electron chi connectivity index (χ1n) is 15.4. The lowest BCUT2D eigenvalue weighted by molar-refractivity contribution is -0.135. The van der Waals surface area contributed by atoms with Crippen molar-refractivity contribution in [1.82, 2.24) is 0 Å². The Hall–Kier alpha value is -0.749. The number of carbonyl (C=O) groups is 1. The zero-order chi connectivity index (χ0) is 29.7. The van der Waals surface area contributed by atoms with E-state index in [0.717, 1.165) is 50.7 Å². The fourth-order valence-corrected chi connectivity index (χ4v) is 8.30. The van der Waals surface area contributed by atoms with Crippen LogP contribution in [0.3, 0.4) is 0 Å². The molecule has 0 unspecified atom stereocenters. The van der Waals surface area contributed by atoms with Crippen LogP contribution in [0.15, 0.2) is 17.3 Å². The van der Waals surface area contributed by atoms with Crippen molar-refractivity contribution in [3.05, 3.63) is 12.2 Å². The second kappa shape index (κ2) is 17.3. The summed E-state index contributed by atoms with van der Waals surface area (Å²) < 4.78 is 18.9. The first-order chi connectivity index (χ1) is 18.0. The average Bonchev–Trinajstić information content (AvgIpc) is 3.06. The van der Waals surface area contributed by atoms with E-state index >= 15 is 0 Å². The molecular formula is C30H61NO5Si3. The van der Waals surface area contributed by atoms with Crippen LogP contribution in [0.4, 0.5) is 0 Å². The Morgan fingerprint density at radius 1 is 0.923 bits per heavy atom. The average molecular weight is 600 g/mol.